The van der Waals surface area contributed by atoms with E-state index in [9.17, 15) is 0 Å². The van der Waals surface area contributed by atoms with E-state index in [-0.39, 0.29) is 23.5 Å². The van der Waals surface area contributed by atoms with Crippen LogP contribution >= 0.6 is 23.3 Å². The third-order valence-electron chi connectivity index (χ3n) is 0.0556. The molecule has 0 amide bonds. The standard InChI is InChI=1S/CH3NO2.Mn.H2S2/c2-4-1-3;;1-2/h1H,2H2;;1-2H. The Morgan fingerprint density at radius 2 is 1.71 bits per heavy atom. The molecule has 0 heterocycles. The summed E-state index contributed by atoms with van der Waals surface area (Å²) in [4.78, 5) is 12.2. The van der Waals surface area contributed by atoms with Crippen molar-refractivity contribution in [2.75, 3.05) is 0 Å². The second kappa shape index (κ2) is 30.2. The molecule has 0 saturated carbocycles. The molecule has 6 heteroatoms. The molecular formula is CH5MnNO2S2. The normalized spacial score (nSPS) is 3.86. The van der Waals surface area contributed by atoms with Gasteiger partial charge >= 0.3 is 6.47 Å². The van der Waals surface area contributed by atoms with Crippen LogP contribution in [-0.4, -0.2) is 6.47 Å². The van der Waals surface area contributed by atoms with Crippen LogP contribution in [0.25, 0.3) is 0 Å². The van der Waals surface area contributed by atoms with Crippen molar-refractivity contribution >= 4 is 29.8 Å². The van der Waals surface area contributed by atoms with Crippen LogP contribution in [0.1, 0.15) is 0 Å². The van der Waals surface area contributed by atoms with Gasteiger partial charge in [-0.3, -0.25) is 4.79 Å². The number of rotatable bonds is 1. The van der Waals surface area contributed by atoms with Gasteiger partial charge in [-0.05, 0) is 0 Å². The predicted octanol–water partition coefficient (Wildman–Crippen LogP) is -0.208. The summed E-state index contributed by atoms with van der Waals surface area (Å²) in [5.74, 6) is 4.16. The average Bonchev–Trinajstić information content (AvgIpc) is 1.72. The molecule has 7 heavy (non-hydrogen) atoms. The van der Waals surface area contributed by atoms with E-state index in [1.54, 1.807) is 0 Å². The van der Waals surface area contributed by atoms with Crippen molar-refractivity contribution in [3.8, 4) is 0 Å². The van der Waals surface area contributed by atoms with Crippen LogP contribution in [0.3, 0.4) is 0 Å². The zero-order valence-electron chi connectivity index (χ0n) is 3.24. The summed E-state index contributed by atoms with van der Waals surface area (Å²) in [6, 6.07) is 0. The fraction of sp³-hybridized carbons (Fsp3) is 0. The first-order chi connectivity index (χ1) is 2.91. The maximum absolute atomic E-state index is 8.83. The fourth-order valence-electron chi connectivity index (χ4n) is 0. The molecule has 0 bridgehead atoms. The molecule has 0 fully saturated rings. The summed E-state index contributed by atoms with van der Waals surface area (Å²) in [6.45, 7) is 0.153. The second-order valence-electron chi connectivity index (χ2n) is 0.232. The molecule has 0 aromatic heterocycles. The van der Waals surface area contributed by atoms with Crippen LogP contribution in [0.5, 0.6) is 0 Å². The Kier molecular flexibility index (Phi) is 67.6. The van der Waals surface area contributed by atoms with Gasteiger partial charge in [-0.2, -0.15) is 5.90 Å². The summed E-state index contributed by atoms with van der Waals surface area (Å²) in [6.07, 6.45) is 0. The van der Waals surface area contributed by atoms with E-state index in [0.29, 0.717) is 0 Å². The van der Waals surface area contributed by atoms with E-state index >= 15 is 0 Å². The molecular weight excluding hydrogens is 177 g/mol. The summed E-state index contributed by atoms with van der Waals surface area (Å²) in [5, 5.41) is 0. The van der Waals surface area contributed by atoms with E-state index in [4.69, 9.17) is 4.79 Å². The van der Waals surface area contributed by atoms with Crippen LogP contribution in [0.15, 0.2) is 0 Å². The van der Waals surface area contributed by atoms with Crippen molar-refractivity contribution in [1.82, 2.24) is 0 Å². The largest absolute Gasteiger partial charge is 0.376 e. The fourth-order valence-corrected chi connectivity index (χ4v) is 0. The summed E-state index contributed by atoms with van der Waals surface area (Å²) in [7, 11) is 0. The zero-order valence-corrected chi connectivity index (χ0v) is 6.21. The SMILES string of the molecule is NOC=O.SS.[Mn]. The molecule has 0 unspecified atom stereocenters. The van der Waals surface area contributed by atoms with Gasteiger partial charge in [-0.15, -0.1) is 23.3 Å². The Morgan fingerprint density at radius 3 is 1.71 bits per heavy atom. The summed E-state index contributed by atoms with van der Waals surface area (Å²) >= 11 is 6.44. The van der Waals surface area contributed by atoms with Crippen LogP contribution in [-0.2, 0) is 26.7 Å². The van der Waals surface area contributed by atoms with Gasteiger partial charge in [-0.1, -0.05) is 0 Å². The van der Waals surface area contributed by atoms with Crippen molar-refractivity contribution in [3.63, 3.8) is 0 Å². The zero-order chi connectivity index (χ0) is 5.41. The third kappa shape index (κ3) is 52.8. The topological polar surface area (TPSA) is 52.3 Å². The predicted molar refractivity (Wildman–Crippen MR) is 29.3 cm³/mol. The number of hydrogen-bond donors (Lipinski definition) is 3. The minimum Gasteiger partial charge on any atom is -0.376 e. The molecule has 45 valence electrons. The Morgan fingerprint density at radius 1 is 1.57 bits per heavy atom. The molecule has 0 aromatic rings. The van der Waals surface area contributed by atoms with Gasteiger partial charge in [0.25, 0.3) is 0 Å². The number of hydrogen-bond acceptors (Lipinski definition) is 5. The number of carbonyl (C=O) groups excluding carboxylic acids is 1. The Bertz CT molecular complexity index is 29.7. The minimum absolute atomic E-state index is 0. The number of thiol groups is 2. The smallest absolute Gasteiger partial charge is 0.312 e. The summed E-state index contributed by atoms with van der Waals surface area (Å²) in [5.41, 5.74) is 0. The minimum atomic E-state index is 0. The molecule has 0 rings (SSSR count). The van der Waals surface area contributed by atoms with Crippen LogP contribution in [0.4, 0.5) is 0 Å². The average molecular weight is 182 g/mol. The van der Waals surface area contributed by atoms with Crippen LogP contribution in [0, 0.1) is 0 Å². The third-order valence-corrected chi connectivity index (χ3v) is 0.0556. The van der Waals surface area contributed by atoms with Crippen LogP contribution < -0.4 is 5.90 Å². The van der Waals surface area contributed by atoms with E-state index in [1.807, 2.05) is 0 Å². The van der Waals surface area contributed by atoms with Gasteiger partial charge in [0.05, 0.1) is 0 Å². The van der Waals surface area contributed by atoms with Crippen LogP contribution in [0.2, 0.25) is 0 Å². The van der Waals surface area contributed by atoms with Gasteiger partial charge in [0.2, 0.25) is 0 Å². The van der Waals surface area contributed by atoms with E-state index in [0.717, 1.165) is 0 Å². The molecule has 3 nitrogen and oxygen atoms in total. The van der Waals surface area contributed by atoms with Crippen molar-refractivity contribution in [3.05, 3.63) is 0 Å². The molecule has 0 aromatic carbocycles. The number of nitrogens with two attached hydrogens (primary N) is 1. The van der Waals surface area contributed by atoms with E-state index in [1.165, 1.54) is 0 Å². The Labute approximate surface area is 62.6 Å². The molecule has 0 saturated heterocycles. The first kappa shape index (κ1) is 15.6. The van der Waals surface area contributed by atoms with Gasteiger partial charge in [0.1, 0.15) is 0 Å². The van der Waals surface area contributed by atoms with Gasteiger partial charge in [0, 0.05) is 17.1 Å². The molecule has 0 aliphatic carbocycles. The molecule has 1 radical (unpaired) electrons. The molecule has 0 atom stereocenters. The van der Waals surface area contributed by atoms with E-state index < -0.39 is 0 Å². The Balaban J connectivity index is -0.0000000480. The maximum atomic E-state index is 8.83. The molecule has 0 spiro atoms. The second-order valence-corrected chi connectivity index (χ2v) is 0.232. The maximum Gasteiger partial charge on any atom is 0.312 e. The monoisotopic (exact) mass is 182 g/mol. The van der Waals surface area contributed by atoms with Gasteiger partial charge < -0.3 is 4.84 Å². The van der Waals surface area contributed by atoms with E-state index in [2.05, 4.69) is 34.1 Å². The molecule has 0 aliphatic rings. The van der Waals surface area contributed by atoms with Gasteiger partial charge in [0.15, 0.2) is 0 Å². The quantitative estimate of drug-likeness (QED) is 0.173. The van der Waals surface area contributed by atoms with Gasteiger partial charge in [-0.25, -0.2) is 0 Å². The summed E-state index contributed by atoms with van der Waals surface area (Å²) < 4.78 is 0. The van der Waals surface area contributed by atoms with Crippen molar-refractivity contribution in [2.45, 2.75) is 0 Å². The van der Waals surface area contributed by atoms with Crippen molar-refractivity contribution in [2.24, 2.45) is 5.90 Å². The molecule has 2 N–H and O–H groups in total. The number of carbonyl (C=O) groups is 1. The Hall–Kier alpha value is 0.649. The van der Waals surface area contributed by atoms with Crippen molar-refractivity contribution in [1.29, 1.82) is 0 Å². The van der Waals surface area contributed by atoms with Crippen molar-refractivity contribution < 1.29 is 26.7 Å². The first-order valence-electron chi connectivity index (χ1n) is 0.907. The first-order valence-corrected chi connectivity index (χ1v) is 2.51. The molecule has 0 aliphatic heterocycles.